The number of aliphatic hydroxyl groups is 1. The molecule has 0 radical (unpaired) electrons. The summed E-state index contributed by atoms with van der Waals surface area (Å²) in [5.74, 6) is -0.554. The first-order chi connectivity index (χ1) is 5.99. The molecule has 13 heavy (non-hydrogen) atoms. The lowest BCUT2D eigenvalue weighted by atomic mass is 9.98. The molecule has 4 nitrogen and oxygen atoms in total. The maximum atomic E-state index is 9.81. The Balaban J connectivity index is 2.11. The fourth-order valence-corrected chi connectivity index (χ4v) is 2.02. The van der Waals surface area contributed by atoms with Crippen LogP contribution in [0, 0.1) is 0 Å². The van der Waals surface area contributed by atoms with Gasteiger partial charge >= 0.3 is 0 Å². The van der Waals surface area contributed by atoms with Gasteiger partial charge in [0.25, 0.3) is 0 Å². The van der Waals surface area contributed by atoms with Crippen molar-refractivity contribution in [3.63, 3.8) is 0 Å². The Morgan fingerprint density at radius 1 is 1.38 bits per heavy atom. The lowest BCUT2D eigenvalue weighted by Gasteiger charge is -2.33. The summed E-state index contributed by atoms with van der Waals surface area (Å²) in [5.41, 5.74) is 0. The third kappa shape index (κ3) is 1.59. The van der Waals surface area contributed by atoms with Gasteiger partial charge in [0.2, 0.25) is 0 Å². The number of ether oxygens (including phenoxy) is 2. The Kier molecular flexibility index (Phi) is 2.11. The van der Waals surface area contributed by atoms with E-state index in [1.165, 1.54) is 0 Å². The van der Waals surface area contributed by atoms with E-state index >= 15 is 0 Å². The first kappa shape index (κ1) is 9.40. The summed E-state index contributed by atoms with van der Waals surface area (Å²) in [5, 5.41) is 13.0. The number of piperidine rings is 1. The molecule has 4 atom stereocenters. The molecule has 2 saturated heterocycles. The van der Waals surface area contributed by atoms with Gasteiger partial charge in [-0.15, -0.1) is 0 Å². The highest BCUT2D eigenvalue weighted by Gasteiger charge is 2.48. The number of fused-ring (bicyclic) bond motifs is 1. The van der Waals surface area contributed by atoms with Gasteiger partial charge < -0.3 is 19.9 Å². The summed E-state index contributed by atoms with van der Waals surface area (Å²) >= 11 is 0. The molecule has 2 aliphatic heterocycles. The Morgan fingerprint density at radius 2 is 2.08 bits per heavy atom. The van der Waals surface area contributed by atoms with E-state index in [-0.39, 0.29) is 18.2 Å². The SMILES string of the molecule is CC1NC[C@@H]2OC(C)(C)O[C@@H]2[C@H]1O. The van der Waals surface area contributed by atoms with Gasteiger partial charge in [-0.05, 0) is 20.8 Å². The second-order valence-corrected chi connectivity index (χ2v) is 4.33. The van der Waals surface area contributed by atoms with Crippen LogP contribution in [0.15, 0.2) is 0 Å². The number of rotatable bonds is 0. The molecular formula is C9H17NO3. The van der Waals surface area contributed by atoms with Crippen molar-refractivity contribution >= 4 is 0 Å². The molecule has 4 heteroatoms. The van der Waals surface area contributed by atoms with Gasteiger partial charge in [-0.25, -0.2) is 0 Å². The summed E-state index contributed by atoms with van der Waals surface area (Å²) in [6.07, 6.45) is -0.659. The van der Waals surface area contributed by atoms with Gasteiger partial charge in [0.1, 0.15) is 12.2 Å². The lowest BCUT2D eigenvalue weighted by molar-refractivity contribution is -0.153. The van der Waals surface area contributed by atoms with Crippen molar-refractivity contribution in [2.24, 2.45) is 0 Å². The highest BCUT2D eigenvalue weighted by molar-refractivity contribution is 4.96. The normalized spacial score (nSPS) is 48.9. The van der Waals surface area contributed by atoms with Gasteiger partial charge in [0.15, 0.2) is 5.79 Å². The minimum atomic E-state index is -0.554. The van der Waals surface area contributed by atoms with E-state index in [2.05, 4.69) is 5.32 Å². The Morgan fingerprint density at radius 3 is 2.77 bits per heavy atom. The summed E-state index contributed by atoms with van der Waals surface area (Å²) < 4.78 is 11.2. The zero-order valence-electron chi connectivity index (χ0n) is 8.28. The third-order valence-electron chi connectivity index (χ3n) is 2.71. The summed E-state index contributed by atoms with van der Waals surface area (Å²) in [4.78, 5) is 0. The predicted octanol–water partition coefficient (Wildman–Crippen LogP) is -0.141. The highest BCUT2D eigenvalue weighted by atomic mass is 16.8. The summed E-state index contributed by atoms with van der Waals surface area (Å²) in [6, 6.07) is 0.0822. The van der Waals surface area contributed by atoms with Crippen molar-refractivity contribution < 1.29 is 14.6 Å². The molecule has 0 spiro atoms. The second kappa shape index (κ2) is 2.92. The van der Waals surface area contributed by atoms with Crippen molar-refractivity contribution in [3.05, 3.63) is 0 Å². The van der Waals surface area contributed by atoms with Gasteiger partial charge in [0, 0.05) is 12.6 Å². The zero-order valence-corrected chi connectivity index (χ0v) is 8.28. The molecule has 0 aromatic heterocycles. The topological polar surface area (TPSA) is 50.7 Å². The molecule has 2 N–H and O–H groups in total. The fraction of sp³-hybridized carbons (Fsp3) is 1.00. The van der Waals surface area contributed by atoms with Crippen LogP contribution in [-0.2, 0) is 9.47 Å². The smallest absolute Gasteiger partial charge is 0.163 e. The van der Waals surface area contributed by atoms with Crippen LogP contribution in [0.25, 0.3) is 0 Å². The van der Waals surface area contributed by atoms with E-state index in [1.807, 2.05) is 20.8 Å². The highest BCUT2D eigenvalue weighted by Crippen LogP contribution is 2.32. The minimum Gasteiger partial charge on any atom is -0.389 e. The van der Waals surface area contributed by atoms with Crippen LogP contribution in [-0.4, -0.2) is 41.8 Å². The monoisotopic (exact) mass is 187 g/mol. The van der Waals surface area contributed by atoms with Crippen molar-refractivity contribution in [2.75, 3.05) is 6.54 Å². The van der Waals surface area contributed by atoms with Crippen molar-refractivity contribution in [1.82, 2.24) is 5.32 Å². The molecule has 76 valence electrons. The number of aliphatic hydroxyl groups excluding tert-OH is 1. The Labute approximate surface area is 78.2 Å². The summed E-state index contributed by atoms with van der Waals surface area (Å²) in [7, 11) is 0. The quantitative estimate of drug-likeness (QED) is 0.554. The molecule has 2 aliphatic rings. The molecule has 0 aromatic rings. The van der Waals surface area contributed by atoms with E-state index in [1.54, 1.807) is 0 Å². The maximum Gasteiger partial charge on any atom is 0.163 e. The van der Waals surface area contributed by atoms with Crippen LogP contribution in [0.2, 0.25) is 0 Å². The van der Waals surface area contributed by atoms with Gasteiger partial charge in [-0.1, -0.05) is 0 Å². The molecule has 0 aromatic carbocycles. The van der Waals surface area contributed by atoms with E-state index in [4.69, 9.17) is 9.47 Å². The molecule has 0 bridgehead atoms. The van der Waals surface area contributed by atoms with Crippen molar-refractivity contribution in [3.8, 4) is 0 Å². The maximum absolute atomic E-state index is 9.81. The van der Waals surface area contributed by atoms with E-state index < -0.39 is 11.9 Å². The standard InChI is InChI=1S/C9H17NO3/c1-5-7(11)8-6(4-10-5)12-9(2,3)13-8/h5-8,10-11H,4H2,1-3H3/t5?,6-,7-,8-/m0/s1. The molecular weight excluding hydrogens is 170 g/mol. The van der Waals surface area contributed by atoms with Crippen molar-refractivity contribution in [2.45, 2.75) is 50.9 Å². The average Bonchev–Trinajstić information content (AvgIpc) is 2.34. The van der Waals surface area contributed by atoms with Gasteiger partial charge in [0.05, 0.1) is 6.10 Å². The third-order valence-corrected chi connectivity index (χ3v) is 2.71. The number of hydrogen-bond donors (Lipinski definition) is 2. The van der Waals surface area contributed by atoms with Crippen LogP contribution in [0.1, 0.15) is 20.8 Å². The first-order valence-corrected chi connectivity index (χ1v) is 4.77. The zero-order chi connectivity index (χ0) is 9.64. The van der Waals surface area contributed by atoms with Crippen LogP contribution in [0.3, 0.4) is 0 Å². The summed E-state index contributed by atoms with van der Waals surface area (Å²) in [6.45, 7) is 6.47. The molecule has 2 rings (SSSR count). The van der Waals surface area contributed by atoms with Gasteiger partial charge in [-0.3, -0.25) is 0 Å². The average molecular weight is 187 g/mol. The molecule has 0 aliphatic carbocycles. The second-order valence-electron chi connectivity index (χ2n) is 4.33. The molecule has 1 unspecified atom stereocenters. The molecule has 2 fully saturated rings. The first-order valence-electron chi connectivity index (χ1n) is 4.77. The number of hydrogen-bond acceptors (Lipinski definition) is 4. The van der Waals surface area contributed by atoms with Crippen LogP contribution < -0.4 is 5.32 Å². The van der Waals surface area contributed by atoms with Crippen LogP contribution >= 0.6 is 0 Å². The van der Waals surface area contributed by atoms with Crippen LogP contribution in [0.4, 0.5) is 0 Å². The Hall–Kier alpha value is -0.160. The minimum absolute atomic E-state index is 0.0128. The Bertz CT molecular complexity index is 207. The predicted molar refractivity (Wildman–Crippen MR) is 47.3 cm³/mol. The van der Waals surface area contributed by atoms with E-state index in [9.17, 15) is 5.11 Å². The molecule has 2 heterocycles. The van der Waals surface area contributed by atoms with Crippen molar-refractivity contribution in [1.29, 1.82) is 0 Å². The molecule has 0 amide bonds. The number of nitrogens with one attached hydrogen (secondary N) is 1. The van der Waals surface area contributed by atoms with E-state index in [0.29, 0.717) is 0 Å². The van der Waals surface area contributed by atoms with Crippen LogP contribution in [0.5, 0.6) is 0 Å². The molecule has 0 saturated carbocycles. The van der Waals surface area contributed by atoms with E-state index in [0.717, 1.165) is 6.54 Å². The largest absolute Gasteiger partial charge is 0.389 e. The lowest BCUT2D eigenvalue weighted by Crippen LogP contribution is -2.57. The fourth-order valence-electron chi connectivity index (χ4n) is 2.02. The van der Waals surface area contributed by atoms with Gasteiger partial charge in [-0.2, -0.15) is 0 Å².